The Bertz CT molecular complexity index is 753. The molecule has 0 spiro atoms. The molecule has 3 aromatic rings. The summed E-state index contributed by atoms with van der Waals surface area (Å²) in [6.07, 6.45) is -0.522. The fourth-order valence-electron chi connectivity index (χ4n) is 2.27. The normalized spacial score (nSPS) is 12.8. The molecule has 1 nitrogen and oxygen atoms in total. The fourth-order valence-corrected chi connectivity index (χ4v) is 3.48. The Morgan fingerprint density at radius 2 is 2.00 bits per heavy atom. The van der Waals surface area contributed by atoms with Gasteiger partial charge in [0, 0.05) is 16.1 Å². The zero-order valence-corrected chi connectivity index (χ0v) is 12.1. The van der Waals surface area contributed by atoms with Gasteiger partial charge in [-0.3, -0.25) is 0 Å². The first-order valence-electron chi connectivity index (χ1n) is 6.23. The Morgan fingerprint density at radius 1 is 1.20 bits per heavy atom. The molecule has 0 bridgehead atoms. The van der Waals surface area contributed by atoms with Crippen molar-refractivity contribution >= 4 is 33.0 Å². The molecule has 3 rings (SSSR count). The first kappa shape index (κ1) is 13.6. The van der Waals surface area contributed by atoms with Crippen molar-refractivity contribution in [3.8, 4) is 0 Å². The highest BCUT2D eigenvalue weighted by atomic mass is 35.5. The van der Waals surface area contributed by atoms with Gasteiger partial charge >= 0.3 is 0 Å². The average molecular weight is 307 g/mol. The van der Waals surface area contributed by atoms with Gasteiger partial charge in [-0.05, 0) is 46.2 Å². The molecule has 0 saturated carbocycles. The second kappa shape index (κ2) is 5.52. The zero-order chi connectivity index (χ0) is 14.1. The van der Waals surface area contributed by atoms with Gasteiger partial charge in [-0.2, -0.15) is 0 Å². The number of hydrogen-bond donors (Lipinski definition) is 1. The van der Waals surface area contributed by atoms with E-state index in [4.69, 9.17) is 11.6 Å². The van der Waals surface area contributed by atoms with Crippen LogP contribution >= 0.6 is 22.9 Å². The van der Waals surface area contributed by atoms with Crippen LogP contribution in [0.5, 0.6) is 0 Å². The molecular formula is C16H12ClFOS. The third kappa shape index (κ3) is 2.57. The van der Waals surface area contributed by atoms with Crippen molar-refractivity contribution in [3.63, 3.8) is 0 Å². The smallest absolute Gasteiger partial charge is 0.126 e. The van der Waals surface area contributed by atoms with Crippen LogP contribution < -0.4 is 0 Å². The molecular weight excluding hydrogens is 295 g/mol. The zero-order valence-electron chi connectivity index (χ0n) is 10.5. The van der Waals surface area contributed by atoms with E-state index in [1.807, 2.05) is 29.6 Å². The van der Waals surface area contributed by atoms with Gasteiger partial charge in [-0.25, -0.2) is 4.39 Å². The van der Waals surface area contributed by atoms with Crippen LogP contribution in [0.25, 0.3) is 10.1 Å². The average Bonchev–Trinajstić information content (AvgIpc) is 2.87. The summed E-state index contributed by atoms with van der Waals surface area (Å²) >= 11 is 7.45. The quantitative estimate of drug-likeness (QED) is 0.724. The molecule has 1 N–H and O–H groups in total. The topological polar surface area (TPSA) is 20.2 Å². The lowest BCUT2D eigenvalue weighted by Gasteiger charge is -2.11. The van der Waals surface area contributed by atoms with E-state index in [1.165, 1.54) is 12.1 Å². The molecule has 1 aromatic heterocycles. The van der Waals surface area contributed by atoms with Crippen molar-refractivity contribution in [1.82, 2.24) is 0 Å². The van der Waals surface area contributed by atoms with Crippen LogP contribution in [0.2, 0.25) is 5.02 Å². The minimum absolute atomic E-state index is 0.215. The predicted molar refractivity (Wildman–Crippen MR) is 81.9 cm³/mol. The Hall–Kier alpha value is -1.42. The van der Waals surface area contributed by atoms with E-state index in [0.29, 0.717) is 10.6 Å². The van der Waals surface area contributed by atoms with Gasteiger partial charge in [-0.15, -0.1) is 11.3 Å². The van der Waals surface area contributed by atoms with Crippen molar-refractivity contribution in [2.75, 3.05) is 0 Å². The first-order valence-corrected chi connectivity index (χ1v) is 7.49. The van der Waals surface area contributed by atoms with E-state index in [9.17, 15) is 9.50 Å². The van der Waals surface area contributed by atoms with Gasteiger partial charge in [0.05, 0.1) is 6.10 Å². The molecule has 0 aliphatic heterocycles. The fraction of sp³-hybridized carbons (Fsp3) is 0.125. The second-order valence-corrected chi connectivity index (χ2v) is 5.99. The van der Waals surface area contributed by atoms with Crippen molar-refractivity contribution in [1.29, 1.82) is 0 Å². The number of hydrogen-bond acceptors (Lipinski definition) is 2. The van der Waals surface area contributed by atoms with E-state index in [0.717, 1.165) is 15.6 Å². The van der Waals surface area contributed by atoms with E-state index in [-0.39, 0.29) is 12.2 Å². The Labute approximate surface area is 125 Å². The molecule has 0 radical (unpaired) electrons. The first-order chi connectivity index (χ1) is 9.65. The number of benzene rings is 2. The van der Waals surface area contributed by atoms with Crippen LogP contribution in [0.15, 0.2) is 47.8 Å². The largest absolute Gasteiger partial charge is 0.388 e. The summed E-state index contributed by atoms with van der Waals surface area (Å²) in [5.74, 6) is -0.340. The van der Waals surface area contributed by atoms with Crippen molar-refractivity contribution < 1.29 is 9.50 Å². The number of fused-ring (bicyclic) bond motifs is 1. The molecule has 20 heavy (non-hydrogen) atoms. The minimum Gasteiger partial charge on any atom is -0.388 e. The molecule has 0 amide bonds. The molecule has 0 fully saturated rings. The SMILES string of the molecule is OC(Cc1cc(Cl)ccc1F)c1csc2ccccc12. The number of thiophene rings is 1. The standard InChI is InChI=1S/C16H12ClFOS/c17-11-5-6-14(18)10(7-11)8-15(19)13-9-20-16-4-2-1-3-12(13)16/h1-7,9,15,19H,8H2. The summed E-state index contributed by atoms with van der Waals surface area (Å²) in [5.41, 5.74) is 1.27. The predicted octanol–water partition coefficient (Wildman–Crippen LogP) is 4.97. The lowest BCUT2D eigenvalue weighted by Crippen LogP contribution is -2.03. The molecule has 4 heteroatoms. The highest BCUT2D eigenvalue weighted by Gasteiger charge is 2.15. The van der Waals surface area contributed by atoms with Gasteiger partial charge in [0.1, 0.15) is 5.82 Å². The van der Waals surface area contributed by atoms with Crippen LogP contribution in [-0.4, -0.2) is 5.11 Å². The maximum atomic E-state index is 13.7. The highest BCUT2D eigenvalue weighted by molar-refractivity contribution is 7.17. The monoisotopic (exact) mass is 306 g/mol. The summed E-state index contributed by atoms with van der Waals surface area (Å²) in [6, 6.07) is 12.3. The van der Waals surface area contributed by atoms with Crippen molar-refractivity contribution in [2.24, 2.45) is 0 Å². The van der Waals surface area contributed by atoms with Crippen molar-refractivity contribution in [2.45, 2.75) is 12.5 Å². The Morgan fingerprint density at radius 3 is 2.85 bits per heavy atom. The Balaban J connectivity index is 1.93. The molecule has 1 heterocycles. The van der Waals surface area contributed by atoms with Gasteiger partial charge < -0.3 is 5.11 Å². The summed E-state index contributed by atoms with van der Waals surface area (Å²) < 4.78 is 14.8. The molecule has 1 unspecified atom stereocenters. The summed E-state index contributed by atoms with van der Waals surface area (Å²) in [6.45, 7) is 0. The van der Waals surface area contributed by atoms with E-state index < -0.39 is 6.10 Å². The number of aliphatic hydroxyl groups is 1. The number of halogens is 2. The molecule has 1 atom stereocenters. The molecule has 2 aromatic carbocycles. The van der Waals surface area contributed by atoms with Crippen LogP contribution in [0.3, 0.4) is 0 Å². The maximum absolute atomic E-state index is 13.7. The van der Waals surface area contributed by atoms with Gasteiger partial charge in [0.25, 0.3) is 0 Å². The third-order valence-corrected chi connectivity index (χ3v) is 4.51. The summed E-state index contributed by atoms with van der Waals surface area (Å²) in [4.78, 5) is 0. The lowest BCUT2D eigenvalue weighted by atomic mass is 10.0. The highest BCUT2D eigenvalue weighted by Crippen LogP contribution is 2.32. The third-order valence-electron chi connectivity index (χ3n) is 3.29. The molecule has 0 aliphatic rings. The number of aliphatic hydroxyl groups excluding tert-OH is 1. The second-order valence-electron chi connectivity index (χ2n) is 4.64. The van der Waals surface area contributed by atoms with E-state index >= 15 is 0 Å². The minimum atomic E-state index is -0.737. The van der Waals surface area contributed by atoms with Crippen LogP contribution in [0, 0.1) is 5.82 Å². The summed E-state index contributed by atoms with van der Waals surface area (Å²) in [5, 5.41) is 13.8. The van der Waals surface area contributed by atoms with Gasteiger partial charge in [0.2, 0.25) is 0 Å². The van der Waals surface area contributed by atoms with Gasteiger partial charge in [0.15, 0.2) is 0 Å². The van der Waals surface area contributed by atoms with E-state index in [2.05, 4.69) is 0 Å². The maximum Gasteiger partial charge on any atom is 0.126 e. The van der Waals surface area contributed by atoms with Crippen LogP contribution in [0.4, 0.5) is 4.39 Å². The van der Waals surface area contributed by atoms with Gasteiger partial charge in [-0.1, -0.05) is 29.8 Å². The molecule has 0 aliphatic carbocycles. The van der Waals surface area contributed by atoms with Crippen LogP contribution in [0.1, 0.15) is 17.2 Å². The molecule has 0 saturated heterocycles. The van der Waals surface area contributed by atoms with Crippen molar-refractivity contribution in [3.05, 3.63) is 69.8 Å². The van der Waals surface area contributed by atoms with Crippen LogP contribution in [-0.2, 0) is 6.42 Å². The summed E-state index contributed by atoms with van der Waals surface area (Å²) in [7, 11) is 0. The lowest BCUT2D eigenvalue weighted by molar-refractivity contribution is 0.179. The van der Waals surface area contributed by atoms with E-state index in [1.54, 1.807) is 17.4 Å². The number of rotatable bonds is 3. The molecule has 102 valence electrons. The Kier molecular flexibility index (Phi) is 3.74.